The van der Waals surface area contributed by atoms with Crippen molar-refractivity contribution in [2.75, 3.05) is 0 Å². The number of benzene rings is 1. The second-order valence-corrected chi connectivity index (χ2v) is 4.06. The van der Waals surface area contributed by atoms with Crippen LogP contribution in [0.1, 0.15) is 0 Å². The summed E-state index contributed by atoms with van der Waals surface area (Å²) in [7, 11) is 0. The van der Waals surface area contributed by atoms with Crippen molar-refractivity contribution in [3.05, 3.63) is 58.4 Å². The predicted molar refractivity (Wildman–Crippen MR) is 68.6 cm³/mol. The molecule has 0 unspecified atom stereocenters. The van der Waals surface area contributed by atoms with Gasteiger partial charge in [0.1, 0.15) is 11.6 Å². The Hall–Kier alpha value is -2.42. The maximum Gasteiger partial charge on any atom is 0.146 e. The van der Waals surface area contributed by atoms with E-state index in [4.69, 9.17) is 0 Å². The first-order valence-corrected chi connectivity index (χ1v) is 5.53. The highest BCUT2D eigenvalue weighted by molar-refractivity contribution is 5.87. The van der Waals surface area contributed by atoms with E-state index >= 15 is 0 Å². The highest BCUT2D eigenvalue weighted by Gasteiger charge is 2.24. The van der Waals surface area contributed by atoms with Crippen molar-refractivity contribution in [1.29, 1.82) is 0 Å². The average molecular weight is 219 g/mol. The first-order chi connectivity index (χ1) is 8.43. The molecule has 0 radical (unpaired) electrons. The molecule has 3 heteroatoms. The van der Waals surface area contributed by atoms with Gasteiger partial charge >= 0.3 is 0 Å². The summed E-state index contributed by atoms with van der Waals surface area (Å²) in [5.41, 5.74) is 1.12. The maximum absolute atomic E-state index is 4.48. The zero-order valence-electron chi connectivity index (χ0n) is 9.04. The molecule has 3 heterocycles. The second-order valence-electron chi connectivity index (χ2n) is 4.06. The molecule has 0 amide bonds. The van der Waals surface area contributed by atoms with Crippen molar-refractivity contribution in [3.8, 4) is 0 Å². The lowest BCUT2D eigenvalue weighted by Gasteiger charge is -2.31. The number of allylic oxidation sites excluding steroid dienone is 3. The molecule has 3 aliphatic rings. The minimum atomic E-state index is 0.929. The fourth-order valence-corrected chi connectivity index (χ4v) is 2.32. The first-order valence-electron chi connectivity index (χ1n) is 5.53. The third-order valence-electron chi connectivity index (χ3n) is 3.08. The summed E-state index contributed by atoms with van der Waals surface area (Å²) in [5.74, 6) is 1.89. The van der Waals surface area contributed by atoms with Gasteiger partial charge in [0.05, 0.1) is 5.70 Å². The molecule has 4 rings (SSSR count). The van der Waals surface area contributed by atoms with Crippen LogP contribution in [0.3, 0.4) is 0 Å². The molecular formula is C14H9N3. The fraction of sp³-hybridized carbons (Fsp3) is 0. The molecular weight excluding hydrogens is 210 g/mol. The van der Waals surface area contributed by atoms with Gasteiger partial charge in [-0.1, -0.05) is 24.3 Å². The maximum atomic E-state index is 4.48. The molecule has 0 saturated heterocycles. The van der Waals surface area contributed by atoms with Crippen LogP contribution < -0.4 is 10.4 Å². The molecule has 0 fully saturated rings. The van der Waals surface area contributed by atoms with Gasteiger partial charge in [0.15, 0.2) is 0 Å². The molecule has 0 aliphatic carbocycles. The Bertz CT molecular complexity index is 748. The van der Waals surface area contributed by atoms with Crippen LogP contribution in [-0.4, -0.2) is 17.3 Å². The Morgan fingerprint density at radius 3 is 2.82 bits per heavy atom. The van der Waals surface area contributed by atoms with Gasteiger partial charge in [-0.2, -0.15) is 0 Å². The van der Waals surface area contributed by atoms with Gasteiger partial charge in [-0.3, -0.25) is 4.90 Å². The molecule has 1 aromatic carbocycles. The van der Waals surface area contributed by atoms with Crippen LogP contribution in [0.5, 0.6) is 0 Å². The summed E-state index contributed by atoms with van der Waals surface area (Å²) < 4.78 is 0. The number of aliphatic imine (C=N–C) groups is 2. The highest BCUT2D eigenvalue weighted by atomic mass is 15.3. The minimum Gasteiger partial charge on any atom is -0.278 e. The van der Waals surface area contributed by atoms with Crippen molar-refractivity contribution >= 4 is 24.3 Å². The third-order valence-corrected chi connectivity index (χ3v) is 3.08. The average Bonchev–Trinajstić information content (AvgIpc) is 2.39. The quantitative estimate of drug-likeness (QED) is 0.632. The van der Waals surface area contributed by atoms with Crippen molar-refractivity contribution in [2.24, 2.45) is 9.98 Å². The Morgan fingerprint density at radius 1 is 0.941 bits per heavy atom. The van der Waals surface area contributed by atoms with Gasteiger partial charge in [0.25, 0.3) is 0 Å². The Labute approximate surface area is 98.1 Å². The Balaban J connectivity index is 2.19. The number of hydrogen-bond acceptors (Lipinski definition) is 3. The molecule has 3 nitrogen and oxygen atoms in total. The number of rotatable bonds is 0. The zero-order valence-corrected chi connectivity index (χ0v) is 9.04. The molecule has 3 aliphatic heterocycles. The van der Waals surface area contributed by atoms with E-state index in [0.717, 1.165) is 22.6 Å². The van der Waals surface area contributed by atoms with Gasteiger partial charge < -0.3 is 0 Å². The molecule has 0 aromatic heterocycles. The summed E-state index contributed by atoms with van der Waals surface area (Å²) in [6, 6.07) is 8.29. The van der Waals surface area contributed by atoms with Crippen LogP contribution in [0.4, 0.5) is 0 Å². The lowest BCUT2D eigenvalue weighted by Crippen LogP contribution is -2.39. The monoisotopic (exact) mass is 219 g/mol. The van der Waals surface area contributed by atoms with E-state index in [9.17, 15) is 0 Å². The van der Waals surface area contributed by atoms with E-state index in [1.54, 1.807) is 0 Å². The number of nitrogens with zero attached hydrogens (tertiary/aromatic N) is 3. The molecule has 0 N–H and O–H groups in total. The van der Waals surface area contributed by atoms with Crippen LogP contribution in [0, 0.1) is 0 Å². The summed E-state index contributed by atoms with van der Waals surface area (Å²) >= 11 is 0. The van der Waals surface area contributed by atoms with E-state index in [2.05, 4.69) is 33.1 Å². The second kappa shape index (κ2) is 3.04. The summed E-state index contributed by atoms with van der Waals surface area (Å²) in [6.07, 6.45) is 9.74. The highest BCUT2D eigenvalue weighted by Crippen LogP contribution is 2.28. The molecule has 0 atom stereocenters. The van der Waals surface area contributed by atoms with E-state index in [0.29, 0.717) is 0 Å². The minimum absolute atomic E-state index is 0.929. The van der Waals surface area contributed by atoms with Gasteiger partial charge in [-0.05, 0) is 23.4 Å². The first kappa shape index (κ1) is 8.70. The van der Waals surface area contributed by atoms with Crippen molar-refractivity contribution in [1.82, 2.24) is 4.90 Å². The van der Waals surface area contributed by atoms with Gasteiger partial charge in [0, 0.05) is 17.6 Å². The molecule has 17 heavy (non-hydrogen) atoms. The topological polar surface area (TPSA) is 28.0 Å². The van der Waals surface area contributed by atoms with Crippen LogP contribution >= 0.6 is 0 Å². The predicted octanol–water partition coefficient (Wildman–Crippen LogP) is 0.742. The lowest BCUT2D eigenvalue weighted by atomic mass is 10.1. The number of hydrogen-bond donors (Lipinski definition) is 0. The van der Waals surface area contributed by atoms with E-state index in [-0.39, 0.29) is 0 Å². The molecule has 80 valence electrons. The third kappa shape index (κ3) is 1.11. The molecule has 0 spiro atoms. The molecule has 0 bridgehead atoms. The van der Waals surface area contributed by atoms with Gasteiger partial charge in [0.2, 0.25) is 0 Å². The SMILES string of the molecule is C1=NC2=CC=NC3=c4ccccc4=CC(=C1)N23. The van der Waals surface area contributed by atoms with Crippen LogP contribution in [0.15, 0.2) is 57.9 Å². The van der Waals surface area contributed by atoms with Crippen LogP contribution in [-0.2, 0) is 0 Å². The largest absolute Gasteiger partial charge is 0.278 e. The smallest absolute Gasteiger partial charge is 0.146 e. The molecule has 0 saturated carbocycles. The molecule has 1 aromatic rings. The van der Waals surface area contributed by atoms with E-state index < -0.39 is 0 Å². The summed E-state index contributed by atoms with van der Waals surface area (Å²) in [6.45, 7) is 0. The summed E-state index contributed by atoms with van der Waals surface area (Å²) in [5, 5.41) is 2.36. The standard InChI is InChI=1S/C14H9N3/c1-2-4-12-10(3-1)9-11-5-7-15-13-6-8-16-14(12)17(11)13/h1-9H. The Morgan fingerprint density at radius 2 is 1.82 bits per heavy atom. The Kier molecular flexibility index (Phi) is 1.56. The van der Waals surface area contributed by atoms with Crippen molar-refractivity contribution < 1.29 is 0 Å². The lowest BCUT2D eigenvalue weighted by molar-refractivity contribution is 0.593. The normalized spacial score (nSPS) is 19.1. The van der Waals surface area contributed by atoms with E-state index in [1.165, 1.54) is 5.22 Å². The van der Waals surface area contributed by atoms with Crippen molar-refractivity contribution in [3.63, 3.8) is 0 Å². The summed E-state index contributed by atoms with van der Waals surface area (Å²) in [4.78, 5) is 10.9. The van der Waals surface area contributed by atoms with E-state index in [1.807, 2.05) is 36.7 Å². The zero-order chi connectivity index (χ0) is 11.2. The van der Waals surface area contributed by atoms with Crippen LogP contribution in [0.2, 0.25) is 0 Å². The van der Waals surface area contributed by atoms with Crippen molar-refractivity contribution in [2.45, 2.75) is 0 Å². The van der Waals surface area contributed by atoms with Crippen LogP contribution in [0.25, 0.3) is 11.9 Å². The number of fused-ring (bicyclic) bond motifs is 1. The van der Waals surface area contributed by atoms with Gasteiger partial charge in [-0.15, -0.1) is 0 Å². The fourth-order valence-electron chi connectivity index (χ4n) is 2.32. The van der Waals surface area contributed by atoms with Gasteiger partial charge in [-0.25, -0.2) is 9.98 Å².